The Kier molecular flexibility index (Phi) is 3.59. The molecule has 0 N–H and O–H groups in total. The third kappa shape index (κ3) is 2.48. The molecule has 0 fully saturated rings. The summed E-state index contributed by atoms with van der Waals surface area (Å²) < 4.78 is 7.13. The maximum absolute atomic E-state index is 9.19. The maximum atomic E-state index is 9.19. The lowest BCUT2D eigenvalue weighted by atomic mass is 10.2. The van der Waals surface area contributed by atoms with Gasteiger partial charge >= 0.3 is 0 Å². The van der Waals surface area contributed by atoms with Gasteiger partial charge in [-0.3, -0.25) is 0 Å². The highest BCUT2D eigenvalue weighted by Gasteiger charge is 2.15. The van der Waals surface area contributed by atoms with Crippen LogP contribution in [0.1, 0.15) is 23.1 Å². The Morgan fingerprint density at radius 3 is 2.90 bits per heavy atom. The summed E-state index contributed by atoms with van der Waals surface area (Å²) in [5, 5.41) is 13.0. The van der Waals surface area contributed by atoms with E-state index in [1.165, 1.54) is 0 Å². The van der Waals surface area contributed by atoms with Crippen LogP contribution in [0, 0.1) is 18.3 Å². The van der Waals surface area contributed by atoms with E-state index in [2.05, 4.69) is 21.2 Å². The van der Waals surface area contributed by atoms with Crippen LogP contribution in [0.4, 0.5) is 0 Å². The monoisotopic (exact) mass is 301 g/mol. The Labute approximate surface area is 126 Å². The molecule has 0 saturated heterocycles. The van der Waals surface area contributed by atoms with Crippen LogP contribution in [0.25, 0.3) is 11.0 Å². The van der Waals surface area contributed by atoms with E-state index >= 15 is 0 Å². The minimum absolute atomic E-state index is 0.415. The van der Waals surface area contributed by atoms with Gasteiger partial charge in [-0.1, -0.05) is 11.2 Å². The predicted octanol–water partition coefficient (Wildman–Crippen LogP) is 2.43. The lowest BCUT2D eigenvalue weighted by Crippen LogP contribution is -2.06. The zero-order valence-corrected chi connectivity index (χ0v) is 12.1. The Morgan fingerprint density at radius 1 is 1.38 bits per heavy atom. The van der Waals surface area contributed by atoms with Crippen molar-refractivity contribution in [2.75, 3.05) is 5.88 Å². The van der Waals surface area contributed by atoms with E-state index < -0.39 is 0 Å². The summed E-state index contributed by atoms with van der Waals surface area (Å²) in [6.45, 7) is 2.19. The average molecular weight is 302 g/mol. The first-order chi connectivity index (χ1) is 10.2. The molecule has 0 aliphatic carbocycles. The zero-order valence-electron chi connectivity index (χ0n) is 11.4. The number of benzene rings is 1. The van der Waals surface area contributed by atoms with Crippen LogP contribution in [0.2, 0.25) is 0 Å². The smallest absolute Gasteiger partial charge is 0.246 e. The van der Waals surface area contributed by atoms with Crippen LogP contribution in [0.3, 0.4) is 0 Å². The van der Waals surface area contributed by atoms with Gasteiger partial charge in [0.05, 0.1) is 11.1 Å². The predicted molar refractivity (Wildman–Crippen MR) is 77.0 cm³/mol. The van der Waals surface area contributed by atoms with Gasteiger partial charge in [-0.05, 0) is 19.1 Å². The molecule has 21 heavy (non-hydrogen) atoms. The second-order valence-corrected chi connectivity index (χ2v) is 4.95. The highest BCUT2D eigenvalue weighted by Crippen LogP contribution is 2.21. The fourth-order valence-electron chi connectivity index (χ4n) is 2.28. The van der Waals surface area contributed by atoms with Crippen molar-refractivity contribution in [3.8, 4) is 6.07 Å². The van der Waals surface area contributed by atoms with Gasteiger partial charge in [-0.25, -0.2) is 4.98 Å². The van der Waals surface area contributed by atoms with Gasteiger partial charge in [0, 0.05) is 12.3 Å². The van der Waals surface area contributed by atoms with E-state index in [4.69, 9.17) is 16.1 Å². The molecule has 6 nitrogen and oxygen atoms in total. The van der Waals surface area contributed by atoms with Crippen molar-refractivity contribution in [1.29, 1.82) is 5.26 Å². The lowest BCUT2D eigenvalue weighted by molar-refractivity contribution is 0.367. The molecule has 2 heterocycles. The minimum Gasteiger partial charge on any atom is -0.337 e. The first-order valence-electron chi connectivity index (χ1n) is 6.46. The van der Waals surface area contributed by atoms with Crippen molar-refractivity contribution >= 4 is 22.6 Å². The number of imidazole rings is 1. The van der Waals surface area contributed by atoms with Crippen molar-refractivity contribution in [2.24, 2.45) is 0 Å². The molecule has 0 aliphatic rings. The standard InChI is InChI=1S/C14H12ClN5O/c1-9-17-13(21-19-9)8-20-11-4-2-3-10(7-16)14(11)18-12(20)5-6-15/h2-4H,5-6,8H2,1H3. The molecule has 0 amide bonds. The minimum atomic E-state index is 0.415. The van der Waals surface area contributed by atoms with Crippen molar-refractivity contribution in [2.45, 2.75) is 19.9 Å². The normalized spacial score (nSPS) is 10.9. The lowest BCUT2D eigenvalue weighted by Gasteiger charge is -2.05. The number of nitriles is 1. The highest BCUT2D eigenvalue weighted by atomic mass is 35.5. The molecular formula is C14H12ClN5O. The number of para-hydroxylation sites is 1. The van der Waals surface area contributed by atoms with Gasteiger partial charge in [0.1, 0.15) is 24.0 Å². The molecule has 0 saturated carbocycles. The van der Waals surface area contributed by atoms with E-state index in [1.54, 1.807) is 13.0 Å². The number of nitrogens with zero attached hydrogens (tertiary/aromatic N) is 5. The van der Waals surface area contributed by atoms with Crippen LogP contribution in [-0.4, -0.2) is 25.6 Å². The molecule has 3 aromatic rings. The van der Waals surface area contributed by atoms with Gasteiger partial charge < -0.3 is 9.09 Å². The third-order valence-electron chi connectivity index (χ3n) is 3.16. The summed E-state index contributed by atoms with van der Waals surface area (Å²) >= 11 is 5.85. The number of hydrogen-bond donors (Lipinski definition) is 0. The quantitative estimate of drug-likeness (QED) is 0.691. The first-order valence-corrected chi connectivity index (χ1v) is 6.99. The van der Waals surface area contributed by atoms with Gasteiger partial charge in [0.15, 0.2) is 5.82 Å². The average Bonchev–Trinajstić information content (AvgIpc) is 3.04. The summed E-state index contributed by atoms with van der Waals surface area (Å²) in [5.74, 6) is 2.35. The second-order valence-electron chi connectivity index (χ2n) is 4.57. The van der Waals surface area contributed by atoms with E-state index in [0.29, 0.717) is 41.6 Å². The number of rotatable bonds is 4. The van der Waals surface area contributed by atoms with Crippen LogP contribution in [0.5, 0.6) is 0 Å². The zero-order chi connectivity index (χ0) is 14.8. The van der Waals surface area contributed by atoms with E-state index in [1.807, 2.05) is 16.7 Å². The first kappa shape index (κ1) is 13.6. The summed E-state index contributed by atoms with van der Waals surface area (Å²) in [6, 6.07) is 7.67. The second kappa shape index (κ2) is 5.54. The molecular weight excluding hydrogens is 290 g/mol. The number of aryl methyl sites for hydroxylation is 2. The molecule has 0 atom stereocenters. The Hall–Kier alpha value is -2.39. The SMILES string of the molecule is Cc1noc(Cn2c(CCCl)nc3c(C#N)cccc32)n1. The van der Waals surface area contributed by atoms with Crippen LogP contribution in [-0.2, 0) is 13.0 Å². The molecule has 106 valence electrons. The largest absolute Gasteiger partial charge is 0.337 e. The number of hydrogen-bond acceptors (Lipinski definition) is 5. The molecule has 0 bridgehead atoms. The van der Waals surface area contributed by atoms with Gasteiger partial charge in [-0.2, -0.15) is 10.2 Å². The van der Waals surface area contributed by atoms with E-state index in [-0.39, 0.29) is 0 Å². The summed E-state index contributed by atoms with van der Waals surface area (Å²) in [7, 11) is 0. The van der Waals surface area contributed by atoms with Crippen LogP contribution in [0.15, 0.2) is 22.7 Å². The fraction of sp³-hybridized carbons (Fsp3) is 0.286. The molecule has 0 spiro atoms. The summed E-state index contributed by atoms with van der Waals surface area (Å²) in [6.07, 6.45) is 0.605. The molecule has 1 aromatic carbocycles. The van der Waals surface area contributed by atoms with Crippen LogP contribution >= 0.6 is 11.6 Å². The van der Waals surface area contributed by atoms with E-state index in [9.17, 15) is 5.26 Å². The van der Waals surface area contributed by atoms with Crippen molar-refractivity contribution in [3.05, 3.63) is 41.3 Å². The third-order valence-corrected chi connectivity index (χ3v) is 3.35. The number of alkyl halides is 1. The molecule has 0 unspecified atom stereocenters. The molecule has 0 aliphatic heterocycles. The van der Waals surface area contributed by atoms with Crippen LogP contribution < -0.4 is 0 Å². The Morgan fingerprint density at radius 2 is 2.24 bits per heavy atom. The van der Waals surface area contributed by atoms with Gasteiger partial charge in [-0.15, -0.1) is 11.6 Å². The summed E-state index contributed by atoms with van der Waals surface area (Å²) in [4.78, 5) is 8.75. The van der Waals surface area contributed by atoms with Crippen molar-refractivity contribution in [3.63, 3.8) is 0 Å². The number of fused-ring (bicyclic) bond motifs is 1. The molecule has 2 aromatic heterocycles. The topological polar surface area (TPSA) is 80.5 Å². The Balaban J connectivity index is 2.14. The molecule has 0 radical (unpaired) electrons. The maximum Gasteiger partial charge on any atom is 0.246 e. The molecule has 3 rings (SSSR count). The Bertz CT molecular complexity index is 830. The van der Waals surface area contributed by atoms with E-state index in [0.717, 1.165) is 11.3 Å². The number of aromatic nitrogens is 4. The number of halogens is 1. The van der Waals surface area contributed by atoms with Crippen molar-refractivity contribution < 1.29 is 4.52 Å². The highest BCUT2D eigenvalue weighted by molar-refractivity contribution is 6.17. The fourth-order valence-corrected chi connectivity index (χ4v) is 2.45. The molecule has 7 heteroatoms. The van der Waals surface area contributed by atoms with Gasteiger partial charge in [0.25, 0.3) is 0 Å². The van der Waals surface area contributed by atoms with Gasteiger partial charge in [0.2, 0.25) is 5.89 Å². The van der Waals surface area contributed by atoms with Crippen molar-refractivity contribution in [1.82, 2.24) is 19.7 Å². The summed E-state index contributed by atoms with van der Waals surface area (Å²) in [5.41, 5.74) is 2.09.